The quantitative estimate of drug-likeness (QED) is 0.481. The van der Waals surface area contributed by atoms with Crippen molar-refractivity contribution in [3.05, 3.63) is 41.3 Å². The van der Waals surface area contributed by atoms with E-state index in [-0.39, 0.29) is 12.1 Å². The Hall–Kier alpha value is -2.70. The molecule has 0 N–H and O–H groups in total. The van der Waals surface area contributed by atoms with Crippen LogP contribution in [0.15, 0.2) is 24.3 Å². The molecule has 0 fully saturated rings. The van der Waals surface area contributed by atoms with E-state index in [2.05, 4.69) is 9.84 Å². The predicted octanol–water partition coefficient (Wildman–Crippen LogP) is 3.50. The lowest BCUT2D eigenvalue weighted by Gasteiger charge is -2.16. The minimum Gasteiger partial charge on any atom is -0.454 e. The zero-order valence-electron chi connectivity index (χ0n) is 15.3. The van der Waals surface area contributed by atoms with Gasteiger partial charge in [0.2, 0.25) is 12.2 Å². The van der Waals surface area contributed by atoms with Crippen molar-refractivity contribution in [3.8, 4) is 11.6 Å². The summed E-state index contributed by atoms with van der Waals surface area (Å²) in [4.78, 5) is 19.9. The van der Waals surface area contributed by atoms with Gasteiger partial charge in [0.15, 0.2) is 0 Å². The number of ether oxygens (including phenoxy) is 2. The van der Waals surface area contributed by atoms with Crippen LogP contribution in [-0.4, -0.2) is 27.6 Å². The average Bonchev–Trinajstić information content (AvgIpc) is 2.80. The van der Waals surface area contributed by atoms with Crippen LogP contribution in [0.2, 0.25) is 0 Å². The largest absolute Gasteiger partial charge is 0.454 e. The van der Waals surface area contributed by atoms with E-state index in [9.17, 15) is 14.0 Å². The zero-order valence-corrected chi connectivity index (χ0v) is 15.3. The summed E-state index contributed by atoms with van der Waals surface area (Å²) in [6.07, 6.45) is 0.158. The van der Waals surface area contributed by atoms with E-state index in [4.69, 9.17) is 4.74 Å². The summed E-state index contributed by atoms with van der Waals surface area (Å²) in [5.74, 6) is 0.0649. The first-order chi connectivity index (χ1) is 11.5. The second-order valence-corrected chi connectivity index (χ2v) is 6.41. The van der Waals surface area contributed by atoms with Crippen molar-refractivity contribution in [2.24, 2.45) is 7.05 Å². The van der Waals surface area contributed by atoms with Gasteiger partial charge in [0.25, 0.3) is 0 Å². The number of aldehydes is 1. The Kier molecular flexibility index (Phi) is 6.85. The van der Waals surface area contributed by atoms with Gasteiger partial charge in [-0.05, 0) is 58.4 Å². The Labute approximate surface area is 146 Å². The Morgan fingerprint density at radius 2 is 1.88 bits per heavy atom. The highest BCUT2D eigenvalue weighted by Gasteiger charge is 2.14. The number of esters is 1. The summed E-state index contributed by atoms with van der Waals surface area (Å²) in [6, 6.07) is 6.46. The van der Waals surface area contributed by atoms with Gasteiger partial charge in [0.05, 0.1) is 0 Å². The molecule has 1 heterocycles. The number of hydrogen-bond donors (Lipinski definition) is 0. The minimum atomic E-state index is -0.817. The molecule has 0 spiro atoms. The maximum Gasteiger partial charge on any atom is 0.371 e. The predicted molar refractivity (Wildman–Crippen MR) is 91.1 cm³/mol. The molecule has 0 aliphatic heterocycles. The molecule has 0 unspecified atom stereocenters. The minimum absolute atomic E-state index is 0.158. The standard InChI is InChI=1S/C12H13FN2O.C6H10O3/c1-8-6-10(4-5-11(8)13)16-12-7-9(2)15(3)14-12;1-6(2,3)9-5(8)4-7/h4-7H,1-3H3;4H,1-3H3. The van der Waals surface area contributed by atoms with Crippen LogP contribution >= 0.6 is 0 Å². The lowest BCUT2D eigenvalue weighted by molar-refractivity contribution is -0.157. The van der Waals surface area contributed by atoms with Gasteiger partial charge in [-0.1, -0.05) is 0 Å². The molecule has 2 aromatic rings. The Balaban J connectivity index is 0.000000299. The zero-order chi connectivity index (χ0) is 19.2. The number of aryl methyl sites for hydroxylation is 3. The van der Waals surface area contributed by atoms with Crippen LogP contribution in [-0.2, 0) is 21.4 Å². The summed E-state index contributed by atoms with van der Waals surface area (Å²) in [5, 5.41) is 4.16. The number of halogens is 1. The third-order valence-corrected chi connectivity index (χ3v) is 2.95. The van der Waals surface area contributed by atoms with Crippen LogP contribution in [0.3, 0.4) is 0 Å². The fraction of sp³-hybridized carbons (Fsp3) is 0.389. The van der Waals surface area contributed by atoms with Crippen molar-refractivity contribution in [1.29, 1.82) is 0 Å². The van der Waals surface area contributed by atoms with E-state index < -0.39 is 11.6 Å². The topological polar surface area (TPSA) is 70.4 Å². The Morgan fingerprint density at radius 1 is 1.24 bits per heavy atom. The number of carbonyl (C=O) groups is 2. The fourth-order valence-corrected chi connectivity index (χ4v) is 1.70. The first kappa shape index (κ1) is 20.3. The molecule has 25 heavy (non-hydrogen) atoms. The highest BCUT2D eigenvalue weighted by atomic mass is 19.1. The van der Waals surface area contributed by atoms with Gasteiger partial charge in [-0.15, -0.1) is 5.10 Å². The van der Waals surface area contributed by atoms with Crippen molar-refractivity contribution >= 4 is 12.3 Å². The molecular weight excluding hydrogens is 327 g/mol. The lowest BCUT2D eigenvalue weighted by Crippen LogP contribution is -2.24. The maximum atomic E-state index is 13.0. The van der Waals surface area contributed by atoms with Crippen LogP contribution < -0.4 is 4.74 Å². The van der Waals surface area contributed by atoms with Gasteiger partial charge in [-0.25, -0.2) is 9.18 Å². The molecule has 2 rings (SSSR count). The molecule has 0 bridgehead atoms. The molecule has 7 heteroatoms. The summed E-state index contributed by atoms with van der Waals surface area (Å²) < 4.78 is 24.9. The highest BCUT2D eigenvalue weighted by molar-refractivity contribution is 6.20. The van der Waals surface area contributed by atoms with E-state index in [0.29, 0.717) is 17.2 Å². The Morgan fingerprint density at radius 3 is 2.28 bits per heavy atom. The second kappa shape index (κ2) is 8.41. The van der Waals surface area contributed by atoms with Crippen molar-refractivity contribution in [1.82, 2.24) is 9.78 Å². The first-order valence-electron chi connectivity index (χ1n) is 7.64. The maximum absolute atomic E-state index is 13.0. The SMILES string of the molecule is CC(C)(C)OC(=O)C=O.Cc1cc(Oc2cc(C)n(C)n2)ccc1F. The molecule has 0 aliphatic rings. The number of hydrogen-bond acceptors (Lipinski definition) is 5. The van der Waals surface area contributed by atoms with Crippen LogP contribution in [0.1, 0.15) is 32.0 Å². The molecule has 0 aliphatic carbocycles. The normalized spacial score (nSPS) is 10.5. The molecule has 0 saturated heterocycles. The number of aromatic nitrogens is 2. The van der Waals surface area contributed by atoms with Crippen LogP contribution in [0.5, 0.6) is 11.6 Å². The third kappa shape index (κ3) is 7.15. The number of carbonyl (C=O) groups excluding carboxylic acids is 2. The van der Waals surface area contributed by atoms with E-state index in [1.165, 1.54) is 6.07 Å². The smallest absolute Gasteiger partial charge is 0.371 e. The summed E-state index contributed by atoms with van der Waals surface area (Å²) in [7, 11) is 1.85. The monoisotopic (exact) mass is 350 g/mol. The summed E-state index contributed by atoms with van der Waals surface area (Å²) in [6.45, 7) is 8.75. The molecule has 136 valence electrons. The van der Waals surface area contributed by atoms with Gasteiger partial charge < -0.3 is 9.47 Å². The average molecular weight is 350 g/mol. The molecule has 1 aromatic heterocycles. The molecule has 6 nitrogen and oxygen atoms in total. The van der Waals surface area contributed by atoms with Gasteiger partial charge in [0.1, 0.15) is 17.2 Å². The summed E-state index contributed by atoms with van der Waals surface area (Å²) in [5.41, 5.74) is 1.01. The molecule has 1 aromatic carbocycles. The molecule has 0 amide bonds. The van der Waals surface area contributed by atoms with Crippen molar-refractivity contribution in [3.63, 3.8) is 0 Å². The highest BCUT2D eigenvalue weighted by Crippen LogP contribution is 2.22. The van der Waals surface area contributed by atoms with Crippen LogP contribution in [0, 0.1) is 19.7 Å². The summed E-state index contributed by atoms with van der Waals surface area (Å²) >= 11 is 0. The number of nitrogens with zero attached hydrogens (tertiary/aromatic N) is 2. The van der Waals surface area contributed by atoms with Crippen molar-refractivity contribution in [2.75, 3.05) is 0 Å². The van der Waals surface area contributed by atoms with E-state index in [0.717, 1.165) is 5.69 Å². The van der Waals surface area contributed by atoms with Crippen LogP contribution in [0.25, 0.3) is 0 Å². The molecular formula is C18H23FN2O4. The number of rotatable bonds is 3. The van der Waals surface area contributed by atoms with Gasteiger partial charge in [0, 0.05) is 18.8 Å². The Bertz CT molecular complexity index is 729. The second-order valence-electron chi connectivity index (χ2n) is 6.41. The van der Waals surface area contributed by atoms with E-state index in [1.54, 1.807) is 44.5 Å². The van der Waals surface area contributed by atoms with Gasteiger partial charge in [-0.3, -0.25) is 9.48 Å². The fourth-order valence-electron chi connectivity index (χ4n) is 1.70. The molecule has 0 atom stereocenters. The van der Waals surface area contributed by atoms with Crippen molar-refractivity contribution < 1.29 is 23.5 Å². The van der Waals surface area contributed by atoms with Gasteiger partial charge in [-0.2, -0.15) is 0 Å². The molecule has 0 saturated carbocycles. The van der Waals surface area contributed by atoms with Crippen LogP contribution in [0.4, 0.5) is 4.39 Å². The molecule has 0 radical (unpaired) electrons. The van der Waals surface area contributed by atoms with Crippen molar-refractivity contribution in [2.45, 2.75) is 40.2 Å². The first-order valence-corrected chi connectivity index (χ1v) is 7.64. The van der Waals surface area contributed by atoms with E-state index in [1.807, 2.05) is 20.0 Å². The van der Waals surface area contributed by atoms with Gasteiger partial charge >= 0.3 is 5.97 Å². The van der Waals surface area contributed by atoms with E-state index >= 15 is 0 Å². The lowest BCUT2D eigenvalue weighted by atomic mass is 10.2. The third-order valence-electron chi connectivity index (χ3n) is 2.95. The number of benzene rings is 1.